The van der Waals surface area contributed by atoms with Gasteiger partial charge in [-0.3, -0.25) is 9.69 Å². The molecule has 0 unspecified atom stereocenters. The molecule has 0 aliphatic carbocycles. The Morgan fingerprint density at radius 3 is 2.78 bits per heavy atom. The van der Waals surface area contributed by atoms with Crippen LogP contribution < -0.4 is 11.3 Å². The molecule has 0 saturated carbocycles. The summed E-state index contributed by atoms with van der Waals surface area (Å²) < 4.78 is 0.867. The summed E-state index contributed by atoms with van der Waals surface area (Å²) in [5.74, 6) is 0. The lowest BCUT2D eigenvalue weighted by Crippen LogP contribution is -2.43. The highest BCUT2D eigenvalue weighted by Gasteiger charge is 2.17. The fraction of sp³-hybridized carbons (Fsp3) is 0.300. The summed E-state index contributed by atoms with van der Waals surface area (Å²) in [7, 11) is 2.15. The molecule has 0 atom stereocenters. The van der Waals surface area contributed by atoms with Crippen LogP contribution in [0, 0.1) is 6.07 Å². The number of carbonyl (C=O) groups is 1. The van der Waals surface area contributed by atoms with E-state index in [4.69, 9.17) is 5.73 Å². The Hall–Kier alpha value is -2.90. The molecule has 0 spiro atoms. The number of nitrogens with two attached hydrogens (primary N) is 1. The van der Waals surface area contributed by atoms with Crippen molar-refractivity contribution >= 4 is 16.9 Å². The van der Waals surface area contributed by atoms with E-state index in [1.807, 2.05) is 18.2 Å². The molecule has 7 nitrogen and oxygen atoms in total. The molecule has 1 fully saturated rings. The number of H-pyrrole nitrogens is 1. The number of hydrogen-bond donors (Lipinski definition) is 2. The van der Waals surface area contributed by atoms with Crippen LogP contribution in [0.5, 0.6) is 0 Å². The number of piperazine rings is 1. The monoisotopic (exact) mass is 364 g/mol. The van der Waals surface area contributed by atoms with Gasteiger partial charge in [0.1, 0.15) is 0 Å². The van der Waals surface area contributed by atoms with E-state index in [2.05, 4.69) is 34.0 Å². The number of nitrogens with zero attached hydrogens (tertiary/aromatic N) is 3. The quantitative estimate of drug-likeness (QED) is 0.737. The Labute approximate surface area is 157 Å². The molecule has 2 aromatic heterocycles. The van der Waals surface area contributed by atoms with Gasteiger partial charge in [-0.2, -0.15) is 0 Å². The van der Waals surface area contributed by atoms with Crippen molar-refractivity contribution in [2.45, 2.75) is 6.54 Å². The van der Waals surface area contributed by atoms with Crippen LogP contribution in [0.15, 0.2) is 41.3 Å². The molecular weight excluding hydrogens is 342 g/mol. The Morgan fingerprint density at radius 2 is 2.04 bits per heavy atom. The van der Waals surface area contributed by atoms with Crippen LogP contribution in [0.1, 0.15) is 5.56 Å². The molecule has 3 heterocycles. The number of rotatable bonds is 3. The van der Waals surface area contributed by atoms with Gasteiger partial charge >= 0.3 is 6.03 Å². The first-order valence-electron chi connectivity index (χ1n) is 8.97. The minimum atomic E-state index is -0.815. The zero-order valence-electron chi connectivity index (χ0n) is 15.2. The Kier molecular flexibility index (Phi) is 4.55. The van der Waals surface area contributed by atoms with Crippen molar-refractivity contribution in [3.05, 3.63) is 58.5 Å². The molecule has 0 bridgehead atoms. The third kappa shape index (κ3) is 3.39. The van der Waals surface area contributed by atoms with E-state index in [9.17, 15) is 9.59 Å². The van der Waals surface area contributed by atoms with Gasteiger partial charge in [0, 0.05) is 55.9 Å². The molecule has 4 rings (SSSR count). The Morgan fingerprint density at radius 1 is 1.26 bits per heavy atom. The van der Waals surface area contributed by atoms with Crippen molar-refractivity contribution in [2.75, 3.05) is 33.2 Å². The van der Waals surface area contributed by atoms with E-state index in [1.165, 1.54) is 11.8 Å². The Bertz CT molecular complexity index is 1040. The molecule has 3 N–H and O–H groups in total. The average molecular weight is 364 g/mol. The van der Waals surface area contributed by atoms with Crippen LogP contribution in [0.2, 0.25) is 0 Å². The summed E-state index contributed by atoms with van der Waals surface area (Å²) in [5, 5.41) is 1.08. The molecule has 1 amide bonds. The normalized spacial score (nSPS) is 16.0. The summed E-state index contributed by atoms with van der Waals surface area (Å²) in [5.41, 5.74) is 8.02. The van der Waals surface area contributed by atoms with Crippen LogP contribution in [0.25, 0.3) is 22.2 Å². The lowest BCUT2D eigenvalue weighted by atomic mass is 10.1. The van der Waals surface area contributed by atoms with Gasteiger partial charge in [-0.15, -0.1) is 0 Å². The van der Waals surface area contributed by atoms with Crippen LogP contribution >= 0.6 is 0 Å². The number of nitrogens with one attached hydrogen (secondary N) is 1. The second-order valence-corrected chi connectivity index (χ2v) is 7.01. The van der Waals surface area contributed by atoms with E-state index < -0.39 is 11.6 Å². The molecule has 27 heavy (non-hydrogen) atoms. The third-order valence-electron chi connectivity index (χ3n) is 5.15. The van der Waals surface area contributed by atoms with E-state index >= 15 is 0 Å². The summed E-state index contributed by atoms with van der Waals surface area (Å²) in [6.45, 7) is 5.10. The van der Waals surface area contributed by atoms with Gasteiger partial charge in [0.25, 0.3) is 5.56 Å². The highest BCUT2D eigenvalue weighted by Crippen LogP contribution is 2.26. The zero-order valence-corrected chi connectivity index (χ0v) is 15.2. The summed E-state index contributed by atoms with van der Waals surface area (Å²) >= 11 is 0. The minimum absolute atomic E-state index is 0.373. The fourth-order valence-corrected chi connectivity index (χ4v) is 3.55. The number of fused-ring (bicyclic) bond motifs is 1. The van der Waals surface area contributed by atoms with Gasteiger partial charge in [-0.25, -0.2) is 9.36 Å². The van der Waals surface area contributed by atoms with E-state index in [-0.39, 0.29) is 0 Å². The van der Waals surface area contributed by atoms with Gasteiger partial charge in [0.15, 0.2) is 0 Å². The molecule has 3 aromatic rings. The van der Waals surface area contributed by atoms with E-state index in [0.29, 0.717) is 11.3 Å². The minimum Gasteiger partial charge on any atom is -0.354 e. The Balaban J connectivity index is 1.70. The molecule has 7 heteroatoms. The number of pyridine rings is 1. The summed E-state index contributed by atoms with van der Waals surface area (Å²) in [6, 6.07) is 11.7. The first-order chi connectivity index (χ1) is 13.0. The van der Waals surface area contributed by atoms with Gasteiger partial charge in [0.2, 0.25) is 0 Å². The van der Waals surface area contributed by atoms with Crippen molar-refractivity contribution < 1.29 is 4.79 Å². The number of aromatic amines is 1. The molecule has 1 aliphatic rings. The predicted molar refractivity (Wildman–Crippen MR) is 105 cm³/mol. The number of aromatic nitrogens is 2. The molecule has 1 saturated heterocycles. The molecule has 1 aliphatic heterocycles. The van der Waals surface area contributed by atoms with Crippen molar-refractivity contribution in [3.8, 4) is 11.3 Å². The maximum atomic E-state index is 12.5. The van der Waals surface area contributed by atoms with E-state index in [0.717, 1.165) is 48.2 Å². The van der Waals surface area contributed by atoms with Crippen LogP contribution in [-0.4, -0.2) is 58.6 Å². The second kappa shape index (κ2) is 7.02. The molecule has 1 aromatic carbocycles. The average Bonchev–Trinajstić information content (AvgIpc) is 3.08. The first kappa shape index (κ1) is 17.5. The first-order valence-corrected chi connectivity index (χ1v) is 8.97. The van der Waals surface area contributed by atoms with Crippen LogP contribution in [-0.2, 0) is 6.54 Å². The fourth-order valence-electron chi connectivity index (χ4n) is 3.55. The van der Waals surface area contributed by atoms with Gasteiger partial charge in [-0.05, 0) is 30.8 Å². The number of primary amides is 1. The molecular formula is C20H22N5O2. The number of benzene rings is 1. The third-order valence-corrected chi connectivity index (χ3v) is 5.15. The predicted octanol–water partition coefficient (Wildman–Crippen LogP) is 1.47. The zero-order chi connectivity index (χ0) is 19.0. The van der Waals surface area contributed by atoms with Gasteiger partial charge in [-0.1, -0.05) is 12.1 Å². The van der Waals surface area contributed by atoms with Crippen molar-refractivity contribution in [1.29, 1.82) is 0 Å². The van der Waals surface area contributed by atoms with Gasteiger partial charge in [0.05, 0.1) is 11.3 Å². The number of carbonyl (C=O) groups excluding carboxylic acids is 1. The van der Waals surface area contributed by atoms with E-state index in [1.54, 1.807) is 6.07 Å². The number of likely N-dealkylation sites (N-methyl/N-ethyl adjacent to an activating group) is 1. The molecule has 1 radical (unpaired) electrons. The standard InChI is InChI=1S/C20H22N5O2/c1-23-8-10-24(11-9-23)13-14-4-2-6-17-16(14)12-18(22-17)15-5-3-7-25(19(15)26)20(21)27/h2,4-7,12,22H,8-11,13H2,1H3,(H2,21,27). The second-order valence-electron chi connectivity index (χ2n) is 7.01. The summed E-state index contributed by atoms with van der Waals surface area (Å²) in [6.07, 6.45) is 1.26. The van der Waals surface area contributed by atoms with Crippen LogP contribution in [0.3, 0.4) is 0 Å². The highest BCUT2D eigenvalue weighted by atomic mass is 16.2. The largest absolute Gasteiger partial charge is 0.354 e. The number of hydrogen-bond acceptors (Lipinski definition) is 4. The lowest BCUT2D eigenvalue weighted by molar-refractivity contribution is 0.148. The van der Waals surface area contributed by atoms with Crippen molar-refractivity contribution in [1.82, 2.24) is 19.4 Å². The number of amides is 1. The van der Waals surface area contributed by atoms with Gasteiger partial charge < -0.3 is 15.6 Å². The maximum Gasteiger partial charge on any atom is 0.325 e. The van der Waals surface area contributed by atoms with Crippen molar-refractivity contribution in [2.24, 2.45) is 5.73 Å². The van der Waals surface area contributed by atoms with Crippen molar-refractivity contribution in [3.63, 3.8) is 0 Å². The van der Waals surface area contributed by atoms with Crippen LogP contribution in [0.4, 0.5) is 4.79 Å². The topological polar surface area (TPSA) is 87.4 Å². The lowest BCUT2D eigenvalue weighted by Gasteiger charge is -2.32. The highest BCUT2D eigenvalue weighted by molar-refractivity contribution is 5.88. The molecule has 139 valence electrons. The summed E-state index contributed by atoms with van der Waals surface area (Å²) in [4.78, 5) is 32.0. The smallest absolute Gasteiger partial charge is 0.325 e. The maximum absolute atomic E-state index is 12.5. The SMILES string of the molecule is CN1CCN(Cc2cccc3[nH]c(-c4c[c]cn(C(N)=O)c4=O)cc23)CC1.